The molecule has 1 rings (SSSR count). The molecule has 0 amide bonds. The van der Waals surface area contributed by atoms with E-state index in [-0.39, 0.29) is 18.8 Å². The number of nitrogens with zero attached hydrogens (tertiary/aromatic N) is 1. The molecule has 0 aromatic carbocycles. The molecule has 1 atom stereocenters. The summed E-state index contributed by atoms with van der Waals surface area (Å²) in [5, 5.41) is 12.0. The van der Waals surface area contributed by atoms with Gasteiger partial charge in [0.1, 0.15) is 0 Å². The summed E-state index contributed by atoms with van der Waals surface area (Å²) in [6.07, 6.45) is 1.80. The van der Waals surface area contributed by atoms with Crippen molar-refractivity contribution in [1.29, 1.82) is 0 Å². The van der Waals surface area contributed by atoms with Gasteiger partial charge in [-0.25, -0.2) is 4.98 Å². The smallest absolute Gasteiger partial charge is 0.169 e. The standard InChI is InChI=1S/C11H18N2O2/c1-8(2)15-10-5-4-6-12-11(10)13-9(3)7-14/h4-6,8-9,14H,7H2,1-3H3,(H,12,13). The second-order valence-corrected chi connectivity index (χ2v) is 3.74. The van der Waals surface area contributed by atoms with E-state index in [9.17, 15) is 0 Å². The van der Waals surface area contributed by atoms with Crippen LogP contribution in [0.25, 0.3) is 0 Å². The van der Waals surface area contributed by atoms with E-state index in [0.29, 0.717) is 11.6 Å². The van der Waals surface area contributed by atoms with Gasteiger partial charge in [-0.15, -0.1) is 0 Å². The van der Waals surface area contributed by atoms with E-state index >= 15 is 0 Å². The van der Waals surface area contributed by atoms with E-state index in [1.807, 2.05) is 32.9 Å². The van der Waals surface area contributed by atoms with Gasteiger partial charge >= 0.3 is 0 Å². The van der Waals surface area contributed by atoms with Crippen LogP contribution in [0.4, 0.5) is 5.82 Å². The second kappa shape index (κ2) is 5.56. The molecule has 2 N–H and O–H groups in total. The van der Waals surface area contributed by atoms with Crippen LogP contribution in [0, 0.1) is 0 Å². The lowest BCUT2D eigenvalue weighted by atomic mass is 10.3. The van der Waals surface area contributed by atoms with Crippen molar-refractivity contribution in [2.75, 3.05) is 11.9 Å². The third-order valence-electron chi connectivity index (χ3n) is 1.79. The number of ether oxygens (including phenoxy) is 1. The highest BCUT2D eigenvalue weighted by Gasteiger charge is 2.08. The molecule has 1 aromatic heterocycles. The molecular formula is C11H18N2O2. The van der Waals surface area contributed by atoms with Crippen LogP contribution in [-0.4, -0.2) is 28.8 Å². The molecule has 15 heavy (non-hydrogen) atoms. The average molecular weight is 210 g/mol. The Hall–Kier alpha value is -1.29. The van der Waals surface area contributed by atoms with Crippen LogP contribution in [0.15, 0.2) is 18.3 Å². The van der Waals surface area contributed by atoms with Gasteiger partial charge in [-0.05, 0) is 32.9 Å². The number of anilines is 1. The summed E-state index contributed by atoms with van der Waals surface area (Å²) >= 11 is 0. The molecule has 0 spiro atoms. The van der Waals surface area contributed by atoms with Crippen molar-refractivity contribution in [3.05, 3.63) is 18.3 Å². The molecule has 0 aliphatic rings. The molecule has 1 aromatic rings. The third-order valence-corrected chi connectivity index (χ3v) is 1.79. The maximum atomic E-state index is 8.94. The van der Waals surface area contributed by atoms with Gasteiger partial charge in [0.15, 0.2) is 11.6 Å². The first kappa shape index (κ1) is 11.8. The highest BCUT2D eigenvalue weighted by Crippen LogP contribution is 2.22. The fourth-order valence-corrected chi connectivity index (χ4v) is 1.13. The first-order valence-corrected chi connectivity index (χ1v) is 5.12. The van der Waals surface area contributed by atoms with Crippen LogP contribution in [0.5, 0.6) is 5.75 Å². The van der Waals surface area contributed by atoms with Gasteiger partial charge in [0.25, 0.3) is 0 Å². The Morgan fingerprint density at radius 1 is 1.47 bits per heavy atom. The van der Waals surface area contributed by atoms with E-state index in [1.54, 1.807) is 6.20 Å². The summed E-state index contributed by atoms with van der Waals surface area (Å²) in [5.74, 6) is 1.39. The molecule has 0 bridgehead atoms. The number of pyridine rings is 1. The quantitative estimate of drug-likeness (QED) is 0.776. The Morgan fingerprint density at radius 2 is 2.20 bits per heavy atom. The van der Waals surface area contributed by atoms with Crippen molar-refractivity contribution in [3.63, 3.8) is 0 Å². The summed E-state index contributed by atoms with van der Waals surface area (Å²) in [4.78, 5) is 4.17. The number of aliphatic hydroxyl groups is 1. The molecule has 0 saturated heterocycles. The first-order valence-electron chi connectivity index (χ1n) is 5.12. The number of hydrogen-bond acceptors (Lipinski definition) is 4. The highest BCUT2D eigenvalue weighted by molar-refractivity contribution is 5.50. The normalized spacial score (nSPS) is 12.6. The lowest BCUT2D eigenvalue weighted by molar-refractivity contribution is 0.242. The van der Waals surface area contributed by atoms with Gasteiger partial charge < -0.3 is 15.2 Å². The monoisotopic (exact) mass is 210 g/mol. The Kier molecular flexibility index (Phi) is 4.37. The van der Waals surface area contributed by atoms with Gasteiger partial charge in [0.05, 0.1) is 12.7 Å². The Bertz CT molecular complexity index is 302. The Balaban J connectivity index is 2.76. The molecule has 0 aliphatic carbocycles. The Morgan fingerprint density at radius 3 is 2.80 bits per heavy atom. The number of aliphatic hydroxyl groups excluding tert-OH is 1. The minimum atomic E-state index is -0.0330. The summed E-state index contributed by atoms with van der Waals surface area (Å²) in [7, 11) is 0. The van der Waals surface area contributed by atoms with Crippen LogP contribution in [0.2, 0.25) is 0 Å². The molecular weight excluding hydrogens is 192 g/mol. The Labute approximate surface area is 90.3 Å². The summed E-state index contributed by atoms with van der Waals surface area (Å²) in [6, 6.07) is 3.65. The zero-order valence-electron chi connectivity index (χ0n) is 9.40. The fourth-order valence-electron chi connectivity index (χ4n) is 1.13. The molecule has 1 heterocycles. The lowest BCUT2D eigenvalue weighted by Gasteiger charge is -2.16. The fraction of sp³-hybridized carbons (Fsp3) is 0.545. The van der Waals surface area contributed by atoms with Crippen LogP contribution in [0.1, 0.15) is 20.8 Å². The van der Waals surface area contributed by atoms with Crippen molar-refractivity contribution >= 4 is 5.82 Å². The minimum absolute atomic E-state index is 0.0330. The molecule has 4 nitrogen and oxygen atoms in total. The number of nitrogens with one attached hydrogen (secondary N) is 1. The van der Waals surface area contributed by atoms with E-state index in [0.717, 1.165) is 0 Å². The zero-order valence-corrected chi connectivity index (χ0v) is 9.40. The summed E-state index contributed by atoms with van der Waals surface area (Å²) in [5.41, 5.74) is 0. The molecule has 0 saturated carbocycles. The average Bonchev–Trinajstić information content (AvgIpc) is 2.20. The summed E-state index contributed by atoms with van der Waals surface area (Å²) < 4.78 is 5.58. The second-order valence-electron chi connectivity index (χ2n) is 3.74. The molecule has 0 radical (unpaired) electrons. The van der Waals surface area contributed by atoms with Crippen molar-refractivity contribution in [2.24, 2.45) is 0 Å². The van der Waals surface area contributed by atoms with E-state index < -0.39 is 0 Å². The minimum Gasteiger partial charge on any atom is -0.487 e. The van der Waals surface area contributed by atoms with Crippen LogP contribution in [-0.2, 0) is 0 Å². The lowest BCUT2D eigenvalue weighted by Crippen LogP contribution is -2.21. The molecule has 4 heteroatoms. The number of hydrogen-bond donors (Lipinski definition) is 2. The van der Waals surface area contributed by atoms with Crippen molar-refractivity contribution in [1.82, 2.24) is 4.98 Å². The van der Waals surface area contributed by atoms with Crippen molar-refractivity contribution < 1.29 is 9.84 Å². The van der Waals surface area contributed by atoms with Crippen molar-refractivity contribution in [3.8, 4) is 5.75 Å². The van der Waals surface area contributed by atoms with E-state index in [1.165, 1.54) is 0 Å². The molecule has 0 aliphatic heterocycles. The maximum Gasteiger partial charge on any atom is 0.169 e. The maximum absolute atomic E-state index is 8.94. The van der Waals surface area contributed by atoms with E-state index in [4.69, 9.17) is 9.84 Å². The van der Waals surface area contributed by atoms with Crippen LogP contribution in [0.3, 0.4) is 0 Å². The summed E-state index contributed by atoms with van der Waals surface area (Å²) in [6.45, 7) is 5.88. The van der Waals surface area contributed by atoms with E-state index in [2.05, 4.69) is 10.3 Å². The predicted molar refractivity (Wildman–Crippen MR) is 60.2 cm³/mol. The zero-order chi connectivity index (χ0) is 11.3. The van der Waals surface area contributed by atoms with Crippen LogP contribution < -0.4 is 10.1 Å². The topological polar surface area (TPSA) is 54.4 Å². The third kappa shape index (κ3) is 3.75. The van der Waals surface area contributed by atoms with Gasteiger partial charge in [0.2, 0.25) is 0 Å². The van der Waals surface area contributed by atoms with Gasteiger partial charge in [-0.3, -0.25) is 0 Å². The van der Waals surface area contributed by atoms with Crippen molar-refractivity contribution in [2.45, 2.75) is 32.9 Å². The predicted octanol–water partition coefficient (Wildman–Crippen LogP) is 1.66. The molecule has 1 unspecified atom stereocenters. The van der Waals surface area contributed by atoms with Gasteiger partial charge in [0, 0.05) is 12.2 Å². The molecule has 84 valence electrons. The number of rotatable bonds is 5. The van der Waals surface area contributed by atoms with Crippen LogP contribution >= 0.6 is 0 Å². The highest BCUT2D eigenvalue weighted by atomic mass is 16.5. The SMILES string of the molecule is CC(CO)Nc1ncccc1OC(C)C. The van der Waals surface area contributed by atoms with Gasteiger partial charge in [-0.2, -0.15) is 0 Å². The molecule has 0 fully saturated rings. The van der Waals surface area contributed by atoms with Gasteiger partial charge in [-0.1, -0.05) is 0 Å². The number of aromatic nitrogens is 1. The first-order chi connectivity index (χ1) is 7.13. The largest absolute Gasteiger partial charge is 0.487 e.